The molecule has 38 heavy (non-hydrogen) atoms. The van der Waals surface area contributed by atoms with Gasteiger partial charge in [-0.3, -0.25) is 0 Å². The summed E-state index contributed by atoms with van der Waals surface area (Å²) in [5.41, 5.74) is 1.27. The number of halogens is 2. The van der Waals surface area contributed by atoms with Crippen molar-refractivity contribution >= 4 is 40.0 Å². The summed E-state index contributed by atoms with van der Waals surface area (Å²) in [7, 11) is 3.48. The molecule has 9 nitrogen and oxygen atoms in total. The molecule has 1 aliphatic carbocycles. The molecule has 11 heteroatoms. The maximum absolute atomic E-state index is 13.6. The molecular formula is C27H31ClFN5O4. The lowest BCUT2D eigenvalue weighted by Crippen LogP contribution is -2.51. The van der Waals surface area contributed by atoms with Gasteiger partial charge >= 0.3 is 6.03 Å². The third-order valence-electron chi connectivity index (χ3n) is 7.17. The minimum atomic E-state index is -0.489. The van der Waals surface area contributed by atoms with E-state index >= 15 is 0 Å². The number of carbonyl (C=O) groups excluding carboxylic acids is 1. The molecule has 2 fully saturated rings. The van der Waals surface area contributed by atoms with Crippen molar-refractivity contribution in [2.24, 2.45) is 0 Å². The van der Waals surface area contributed by atoms with E-state index in [1.165, 1.54) is 18.5 Å². The van der Waals surface area contributed by atoms with Crippen LogP contribution in [0.15, 0.2) is 36.7 Å². The molecule has 0 bridgehead atoms. The molecule has 5 rings (SSSR count). The minimum absolute atomic E-state index is 0.0126. The molecule has 0 atom stereocenters. The number of nitrogens with zero attached hydrogens (tertiary/aromatic N) is 4. The molecule has 3 aromatic rings. The summed E-state index contributed by atoms with van der Waals surface area (Å²) in [6, 6.07) is 8.32. The van der Waals surface area contributed by atoms with Crippen molar-refractivity contribution in [1.29, 1.82) is 0 Å². The Labute approximate surface area is 225 Å². The molecule has 1 aromatic heterocycles. The van der Waals surface area contributed by atoms with Gasteiger partial charge in [0.2, 0.25) is 0 Å². The SMILES string of the molecule is COc1cc2ncnc(Nc3ccc(F)c(Cl)c3)c2cc1O[C@H]1CC[C@H](N(C)C(=O)N2CCOCC2)CC1. The van der Waals surface area contributed by atoms with Gasteiger partial charge in [0.1, 0.15) is 18.0 Å². The molecule has 1 saturated carbocycles. The van der Waals surface area contributed by atoms with Crippen LogP contribution in [0, 0.1) is 5.82 Å². The van der Waals surface area contributed by atoms with Gasteiger partial charge in [0, 0.05) is 43.3 Å². The first-order valence-electron chi connectivity index (χ1n) is 12.7. The van der Waals surface area contributed by atoms with Crippen LogP contribution in [-0.2, 0) is 4.74 Å². The Balaban J connectivity index is 1.28. The number of nitrogens with one attached hydrogen (secondary N) is 1. The number of methoxy groups -OCH3 is 1. The molecule has 0 spiro atoms. The number of fused-ring (bicyclic) bond motifs is 1. The van der Waals surface area contributed by atoms with E-state index in [0.29, 0.717) is 54.8 Å². The van der Waals surface area contributed by atoms with E-state index in [9.17, 15) is 9.18 Å². The second kappa shape index (κ2) is 11.6. The molecule has 2 heterocycles. The maximum atomic E-state index is 13.6. The number of benzene rings is 2. The molecule has 2 amide bonds. The van der Waals surface area contributed by atoms with Crippen molar-refractivity contribution < 1.29 is 23.4 Å². The average molecular weight is 544 g/mol. The summed E-state index contributed by atoms with van der Waals surface area (Å²) < 4.78 is 31.0. The van der Waals surface area contributed by atoms with Crippen LogP contribution in [0.4, 0.5) is 20.7 Å². The number of hydrogen-bond acceptors (Lipinski definition) is 7. The van der Waals surface area contributed by atoms with Crippen LogP contribution in [0.5, 0.6) is 11.5 Å². The highest BCUT2D eigenvalue weighted by atomic mass is 35.5. The number of amides is 2. The zero-order chi connectivity index (χ0) is 26.6. The summed E-state index contributed by atoms with van der Waals surface area (Å²) >= 11 is 5.94. The first-order chi connectivity index (χ1) is 18.4. The Hall–Kier alpha value is -3.37. The smallest absolute Gasteiger partial charge is 0.320 e. The van der Waals surface area contributed by atoms with Crippen molar-refractivity contribution in [1.82, 2.24) is 19.8 Å². The number of aromatic nitrogens is 2. The fourth-order valence-electron chi connectivity index (χ4n) is 4.99. The van der Waals surface area contributed by atoms with Gasteiger partial charge in [0.15, 0.2) is 11.5 Å². The van der Waals surface area contributed by atoms with Gasteiger partial charge in [-0.1, -0.05) is 11.6 Å². The zero-order valence-electron chi connectivity index (χ0n) is 21.5. The summed E-state index contributed by atoms with van der Waals surface area (Å²) in [6.45, 7) is 2.46. The van der Waals surface area contributed by atoms with Gasteiger partial charge in [-0.2, -0.15) is 0 Å². The van der Waals surface area contributed by atoms with Crippen LogP contribution in [0.3, 0.4) is 0 Å². The van der Waals surface area contributed by atoms with Crippen LogP contribution in [-0.4, -0.2) is 78.4 Å². The average Bonchev–Trinajstić information content (AvgIpc) is 2.95. The predicted octanol–water partition coefficient (Wildman–Crippen LogP) is 5.25. The summed E-state index contributed by atoms with van der Waals surface area (Å²) in [5.74, 6) is 1.22. The zero-order valence-corrected chi connectivity index (χ0v) is 22.2. The molecular weight excluding hydrogens is 513 g/mol. The summed E-state index contributed by atoms with van der Waals surface area (Å²) in [6.07, 6.45) is 4.78. The monoisotopic (exact) mass is 543 g/mol. The normalized spacial score (nSPS) is 19.7. The largest absolute Gasteiger partial charge is 0.493 e. The first kappa shape index (κ1) is 26.2. The summed E-state index contributed by atoms with van der Waals surface area (Å²) in [5, 5.41) is 3.94. The van der Waals surface area contributed by atoms with Crippen LogP contribution in [0.2, 0.25) is 5.02 Å². The Morgan fingerprint density at radius 2 is 1.89 bits per heavy atom. The lowest BCUT2D eigenvalue weighted by atomic mass is 9.92. The fourth-order valence-corrected chi connectivity index (χ4v) is 5.17. The lowest BCUT2D eigenvalue weighted by molar-refractivity contribution is 0.0369. The molecule has 1 aliphatic heterocycles. The molecule has 2 aromatic carbocycles. The van der Waals surface area contributed by atoms with Crippen LogP contribution in [0.25, 0.3) is 10.9 Å². The van der Waals surface area contributed by atoms with Crippen molar-refractivity contribution in [2.75, 3.05) is 45.8 Å². The molecule has 2 aliphatic rings. The van der Waals surface area contributed by atoms with Gasteiger partial charge in [0.25, 0.3) is 0 Å². The van der Waals surface area contributed by atoms with Gasteiger partial charge in [0.05, 0.1) is 37.0 Å². The quantitative estimate of drug-likeness (QED) is 0.454. The topological polar surface area (TPSA) is 89.1 Å². The third kappa shape index (κ3) is 5.71. The van der Waals surface area contributed by atoms with Crippen molar-refractivity contribution in [3.05, 3.63) is 47.5 Å². The number of carbonyl (C=O) groups is 1. The molecule has 0 unspecified atom stereocenters. The van der Waals surface area contributed by atoms with E-state index < -0.39 is 5.82 Å². The summed E-state index contributed by atoms with van der Waals surface area (Å²) in [4.78, 5) is 25.4. The Kier molecular flexibility index (Phi) is 7.99. The number of urea groups is 1. The highest BCUT2D eigenvalue weighted by Crippen LogP contribution is 2.37. The van der Waals surface area contributed by atoms with Crippen LogP contribution >= 0.6 is 11.6 Å². The molecule has 1 saturated heterocycles. The lowest BCUT2D eigenvalue weighted by Gasteiger charge is -2.38. The van der Waals surface area contributed by atoms with Gasteiger partial charge < -0.3 is 29.3 Å². The highest BCUT2D eigenvalue weighted by Gasteiger charge is 2.30. The third-order valence-corrected chi connectivity index (χ3v) is 7.46. The van der Waals surface area contributed by atoms with Crippen molar-refractivity contribution in [3.8, 4) is 11.5 Å². The second-order valence-corrected chi connectivity index (χ2v) is 9.94. The van der Waals surface area contributed by atoms with Gasteiger partial charge in [-0.25, -0.2) is 19.2 Å². The van der Waals surface area contributed by atoms with E-state index in [1.807, 2.05) is 29.0 Å². The van der Waals surface area contributed by atoms with Crippen LogP contribution < -0.4 is 14.8 Å². The van der Waals surface area contributed by atoms with Crippen LogP contribution in [0.1, 0.15) is 25.7 Å². The van der Waals surface area contributed by atoms with Gasteiger partial charge in [-0.05, 0) is 49.9 Å². The standard InChI is InChI=1S/C27H31ClFN5O4/c1-33(27(35)34-9-11-37-12-10-34)18-4-6-19(7-5-18)38-25-14-20-23(15-24(25)36-2)30-16-31-26(20)32-17-3-8-22(29)21(28)13-17/h3,8,13-16,18-19H,4-7,9-12H2,1-2H3,(H,30,31,32)/t18-,19-. The van der Waals surface area contributed by atoms with Gasteiger partial charge in [-0.15, -0.1) is 0 Å². The number of rotatable bonds is 6. The maximum Gasteiger partial charge on any atom is 0.320 e. The minimum Gasteiger partial charge on any atom is -0.493 e. The van der Waals surface area contributed by atoms with Crippen molar-refractivity contribution in [2.45, 2.75) is 37.8 Å². The number of ether oxygens (including phenoxy) is 3. The van der Waals surface area contributed by atoms with E-state index in [0.717, 1.165) is 31.1 Å². The Bertz CT molecular complexity index is 1300. The predicted molar refractivity (Wildman–Crippen MR) is 143 cm³/mol. The molecule has 202 valence electrons. The van der Waals surface area contributed by atoms with E-state index in [4.69, 9.17) is 25.8 Å². The van der Waals surface area contributed by atoms with E-state index in [2.05, 4.69) is 15.3 Å². The molecule has 0 radical (unpaired) electrons. The van der Waals surface area contributed by atoms with E-state index in [1.54, 1.807) is 13.2 Å². The number of morpholine rings is 1. The number of hydrogen-bond donors (Lipinski definition) is 1. The Morgan fingerprint density at radius 1 is 1.13 bits per heavy atom. The second-order valence-electron chi connectivity index (χ2n) is 9.54. The number of anilines is 2. The highest BCUT2D eigenvalue weighted by molar-refractivity contribution is 6.31. The Morgan fingerprint density at radius 3 is 2.61 bits per heavy atom. The van der Waals surface area contributed by atoms with E-state index in [-0.39, 0.29) is 23.2 Å². The first-order valence-corrected chi connectivity index (χ1v) is 13.1. The fraction of sp³-hybridized carbons (Fsp3) is 0.444. The molecule has 1 N–H and O–H groups in total. The van der Waals surface area contributed by atoms with Crippen molar-refractivity contribution in [3.63, 3.8) is 0 Å².